The lowest BCUT2D eigenvalue weighted by Crippen LogP contribution is -2.26. The summed E-state index contributed by atoms with van der Waals surface area (Å²) in [4.78, 5) is 17.2. The van der Waals surface area contributed by atoms with Gasteiger partial charge in [-0.05, 0) is 62.7 Å². The van der Waals surface area contributed by atoms with Crippen molar-refractivity contribution >= 4 is 37.5 Å². The largest absolute Gasteiger partial charge is 0.352 e. The summed E-state index contributed by atoms with van der Waals surface area (Å²) in [7, 11) is -2.26. The molecule has 0 atom stereocenters. The van der Waals surface area contributed by atoms with Crippen molar-refractivity contribution in [3.05, 3.63) is 58.1 Å². The fourth-order valence-corrected chi connectivity index (χ4v) is 4.99. The van der Waals surface area contributed by atoms with Gasteiger partial charge < -0.3 is 5.32 Å². The summed E-state index contributed by atoms with van der Waals surface area (Å²) in [6, 6.07) is 11.2. The van der Waals surface area contributed by atoms with Crippen LogP contribution in [0.4, 0.5) is 0 Å². The molecular weight excluding hydrogens is 394 g/mol. The number of benzene rings is 2. The number of para-hydroxylation sites is 1. The highest BCUT2D eigenvalue weighted by Gasteiger charge is 2.19. The highest BCUT2D eigenvalue weighted by Crippen LogP contribution is 2.23. The van der Waals surface area contributed by atoms with E-state index in [2.05, 4.69) is 21.1 Å². The van der Waals surface area contributed by atoms with Gasteiger partial charge >= 0.3 is 0 Å². The predicted molar refractivity (Wildman–Crippen MR) is 112 cm³/mol. The van der Waals surface area contributed by atoms with E-state index in [1.807, 2.05) is 18.2 Å². The van der Waals surface area contributed by atoms with Crippen molar-refractivity contribution in [2.24, 2.45) is 0 Å². The standard InChI is InChI=1S/C20H23N3O3S2/c1-13-11-15(12-18(14(13)2)28(25,26)21-3)20(24)22-10-6-9-19-23-16-7-4-5-8-17(16)27-19/h4-5,7-8,11-12,21H,6,9-10H2,1-3H3,(H,22,24). The maximum absolute atomic E-state index is 12.5. The molecule has 0 spiro atoms. The van der Waals surface area contributed by atoms with Gasteiger partial charge in [0.05, 0.1) is 20.1 Å². The van der Waals surface area contributed by atoms with Crippen LogP contribution in [0, 0.1) is 13.8 Å². The van der Waals surface area contributed by atoms with E-state index in [1.54, 1.807) is 31.3 Å². The van der Waals surface area contributed by atoms with E-state index < -0.39 is 10.0 Å². The van der Waals surface area contributed by atoms with Gasteiger partial charge in [-0.2, -0.15) is 0 Å². The maximum Gasteiger partial charge on any atom is 0.251 e. The summed E-state index contributed by atoms with van der Waals surface area (Å²) in [6.07, 6.45) is 1.55. The van der Waals surface area contributed by atoms with Crippen molar-refractivity contribution in [2.45, 2.75) is 31.6 Å². The fourth-order valence-electron chi connectivity index (χ4n) is 2.92. The van der Waals surface area contributed by atoms with Gasteiger partial charge in [-0.15, -0.1) is 11.3 Å². The number of amides is 1. The average molecular weight is 418 g/mol. The Morgan fingerprint density at radius 3 is 2.64 bits per heavy atom. The predicted octanol–water partition coefficient (Wildman–Crippen LogP) is 3.18. The monoisotopic (exact) mass is 417 g/mol. The minimum atomic E-state index is -3.62. The van der Waals surface area contributed by atoms with Crippen molar-refractivity contribution in [3.8, 4) is 0 Å². The number of nitrogens with zero attached hydrogens (tertiary/aromatic N) is 1. The van der Waals surface area contributed by atoms with Gasteiger partial charge in [-0.25, -0.2) is 18.1 Å². The van der Waals surface area contributed by atoms with E-state index >= 15 is 0 Å². The van der Waals surface area contributed by atoms with Gasteiger partial charge in [0.15, 0.2) is 0 Å². The second-order valence-electron chi connectivity index (χ2n) is 6.56. The van der Waals surface area contributed by atoms with Crippen LogP contribution in [-0.2, 0) is 16.4 Å². The van der Waals surface area contributed by atoms with Crippen LogP contribution >= 0.6 is 11.3 Å². The Labute approximate surface area is 169 Å². The molecule has 0 aliphatic heterocycles. The summed E-state index contributed by atoms with van der Waals surface area (Å²) in [6.45, 7) is 4.03. The van der Waals surface area contributed by atoms with Crippen LogP contribution in [0.2, 0.25) is 0 Å². The van der Waals surface area contributed by atoms with Crippen LogP contribution in [-0.4, -0.2) is 32.9 Å². The van der Waals surface area contributed by atoms with Crippen molar-refractivity contribution in [1.29, 1.82) is 0 Å². The molecule has 8 heteroatoms. The number of sulfonamides is 1. The number of hydrogen-bond donors (Lipinski definition) is 2. The summed E-state index contributed by atoms with van der Waals surface area (Å²) >= 11 is 1.67. The number of aryl methyl sites for hydroxylation is 2. The number of nitrogens with one attached hydrogen (secondary N) is 2. The second-order valence-corrected chi connectivity index (χ2v) is 9.53. The van der Waals surface area contributed by atoms with Crippen LogP contribution in [0.25, 0.3) is 10.2 Å². The Balaban J connectivity index is 1.63. The molecule has 0 unspecified atom stereocenters. The van der Waals surface area contributed by atoms with Crippen LogP contribution in [0.3, 0.4) is 0 Å². The number of fused-ring (bicyclic) bond motifs is 1. The van der Waals surface area contributed by atoms with Crippen molar-refractivity contribution in [3.63, 3.8) is 0 Å². The van der Waals surface area contributed by atoms with Crippen LogP contribution in [0.15, 0.2) is 41.3 Å². The molecule has 2 aromatic carbocycles. The summed E-state index contributed by atoms with van der Waals surface area (Å²) < 4.78 is 27.9. The molecule has 0 saturated carbocycles. The Hall–Kier alpha value is -2.29. The minimum absolute atomic E-state index is 0.134. The number of aromatic nitrogens is 1. The number of rotatable bonds is 7. The molecular formula is C20H23N3O3S2. The Bertz CT molecular complexity index is 1090. The van der Waals surface area contributed by atoms with Crippen LogP contribution in [0.5, 0.6) is 0 Å². The SMILES string of the molecule is CNS(=O)(=O)c1cc(C(=O)NCCCc2nc3ccccc3s2)cc(C)c1C. The average Bonchev–Trinajstić information content (AvgIpc) is 3.09. The van der Waals surface area contributed by atoms with Gasteiger partial charge in [0.1, 0.15) is 0 Å². The number of hydrogen-bond acceptors (Lipinski definition) is 5. The molecule has 2 N–H and O–H groups in total. The minimum Gasteiger partial charge on any atom is -0.352 e. The highest BCUT2D eigenvalue weighted by molar-refractivity contribution is 7.89. The molecule has 0 aliphatic carbocycles. The van der Waals surface area contributed by atoms with Crippen molar-refractivity contribution < 1.29 is 13.2 Å². The summed E-state index contributed by atoms with van der Waals surface area (Å²) in [5, 5.41) is 3.91. The first-order valence-electron chi connectivity index (χ1n) is 8.99. The third-order valence-electron chi connectivity index (χ3n) is 4.63. The van der Waals surface area contributed by atoms with Gasteiger partial charge in [0.25, 0.3) is 5.91 Å². The van der Waals surface area contributed by atoms with Crippen LogP contribution in [0.1, 0.15) is 32.9 Å². The maximum atomic E-state index is 12.5. The van der Waals surface area contributed by atoms with Gasteiger partial charge in [-0.3, -0.25) is 4.79 Å². The summed E-state index contributed by atoms with van der Waals surface area (Å²) in [5.74, 6) is -0.278. The number of carbonyl (C=O) groups excluding carboxylic acids is 1. The molecule has 0 bridgehead atoms. The molecule has 28 heavy (non-hydrogen) atoms. The van der Waals surface area contributed by atoms with E-state index in [1.165, 1.54) is 13.1 Å². The van der Waals surface area contributed by atoms with E-state index in [9.17, 15) is 13.2 Å². The molecule has 3 rings (SSSR count). The lowest BCUT2D eigenvalue weighted by atomic mass is 10.1. The van der Waals surface area contributed by atoms with Gasteiger partial charge in [-0.1, -0.05) is 12.1 Å². The normalized spacial score (nSPS) is 11.7. The Morgan fingerprint density at radius 1 is 1.18 bits per heavy atom. The molecule has 6 nitrogen and oxygen atoms in total. The lowest BCUT2D eigenvalue weighted by molar-refractivity contribution is 0.0953. The third kappa shape index (κ3) is 4.40. The lowest BCUT2D eigenvalue weighted by Gasteiger charge is -2.12. The smallest absolute Gasteiger partial charge is 0.251 e. The van der Waals surface area contributed by atoms with E-state index in [0.29, 0.717) is 17.7 Å². The molecule has 0 fully saturated rings. The molecule has 148 valence electrons. The zero-order chi connectivity index (χ0) is 20.3. The van der Waals surface area contributed by atoms with E-state index in [4.69, 9.17) is 0 Å². The zero-order valence-electron chi connectivity index (χ0n) is 16.1. The molecule has 1 aromatic heterocycles. The number of thiazole rings is 1. The van der Waals surface area contributed by atoms with E-state index in [0.717, 1.165) is 33.6 Å². The van der Waals surface area contributed by atoms with Gasteiger partial charge in [0.2, 0.25) is 10.0 Å². The molecule has 1 heterocycles. The third-order valence-corrected chi connectivity index (χ3v) is 7.27. The summed E-state index contributed by atoms with van der Waals surface area (Å²) in [5.41, 5.74) is 2.74. The molecule has 3 aromatic rings. The topological polar surface area (TPSA) is 88.2 Å². The molecule has 0 saturated heterocycles. The second kappa shape index (κ2) is 8.38. The van der Waals surface area contributed by atoms with Crippen LogP contribution < -0.4 is 10.0 Å². The fraction of sp³-hybridized carbons (Fsp3) is 0.300. The molecule has 0 radical (unpaired) electrons. The molecule has 0 aliphatic rings. The quantitative estimate of drug-likeness (QED) is 0.578. The van der Waals surface area contributed by atoms with Gasteiger partial charge in [0, 0.05) is 18.5 Å². The Kier molecular flexibility index (Phi) is 6.12. The van der Waals surface area contributed by atoms with Crippen molar-refractivity contribution in [1.82, 2.24) is 15.0 Å². The van der Waals surface area contributed by atoms with Crippen molar-refractivity contribution in [2.75, 3.05) is 13.6 Å². The van der Waals surface area contributed by atoms with E-state index in [-0.39, 0.29) is 10.8 Å². The highest BCUT2D eigenvalue weighted by atomic mass is 32.2. The molecule has 1 amide bonds. The first-order valence-corrected chi connectivity index (χ1v) is 11.3. The first-order chi connectivity index (χ1) is 13.3. The zero-order valence-corrected chi connectivity index (χ0v) is 17.7. The number of carbonyl (C=O) groups is 1. The Morgan fingerprint density at radius 2 is 1.93 bits per heavy atom. The first kappa shape index (κ1) is 20.4.